The van der Waals surface area contributed by atoms with Crippen LogP contribution in [0.1, 0.15) is 39.9 Å². The highest BCUT2D eigenvalue weighted by atomic mass is 16.6. The molecule has 1 N–H and O–H groups in total. The summed E-state index contributed by atoms with van der Waals surface area (Å²) in [6.45, 7) is 6.13. The number of non-ortho nitro benzene ring substituents is 1. The molecular weight excluding hydrogens is 484 g/mol. The minimum atomic E-state index is -0.441. The molecule has 196 valence electrons. The van der Waals surface area contributed by atoms with Crippen molar-refractivity contribution in [3.8, 4) is 11.5 Å². The molecule has 0 spiro atoms. The van der Waals surface area contributed by atoms with Crippen molar-refractivity contribution in [3.63, 3.8) is 0 Å². The number of carbonyl (C=O) groups is 1. The molecule has 9 heteroatoms. The van der Waals surface area contributed by atoms with E-state index in [4.69, 9.17) is 9.47 Å². The average Bonchev–Trinajstić information content (AvgIpc) is 3.48. The second kappa shape index (κ2) is 12.5. The molecule has 0 saturated carbocycles. The Hall–Kier alpha value is -4.66. The van der Waals surface area contributed by atoms with E-state index in [1.807, 2.05) is 18.2 Å². The third kappa shape index (κ3) is 6.56. The lowest BCUT2D eigenvalue weighted by molar-refractivity contribution is -0.384. The van der Waals surface area contributed by atoms with Gasteiger partial charge in [0.25, 0.3) is 11.6 Å². The number of allylic oxidation sites excluding steroid dienone is 1. The quantitative estimate of drug-likeness (QED) is 0.162. The van der Waals surface area contributed by atoms with Gasteiger partial charge in [0.2, 0.25) is 0 Å². The van der Waals surface area contributed by atoms with Crippen LogP contribution in [0.15, 0.2) is 78.4 Å². The molecule has 4 rings (SSSR count). The minimum absolute atomic E-state index is 0.0218. The lowest BCUT2D eigenvalue weighted by Crippen LogP contribution is -2.19. The number of methoxy groups -OCH3 is 1. The number of anilines is 1. The zero-order chi connectivity index (χ0) is 26.9. The zero-order valence-corrected chi connectivity index (χ0v) is 21.3. The molecule has 1 heterocycles. The highest BCUT2D eigenvalue weighted by Crippen LogP contribution is 2.34. The maximum atomic E-state index is 12.6. The summed E-state index contributed by atoms with van der Waals surface area (Å²) in [5.74, 6) is 0.747. The van der Waals surface area contributed by atoms with E-state index >= 15 is 0 Å². The number of ether oxygens (including phenoxy) is 2. The summed E-state index contributed by atoms with van der Waals surface area (Å²) in [7, 11) is 1.54. The third-order valence-electron chi connectivity index (χ3n) is 6.25. The molecule has 3 aromatic carbocycles. The number of hydrogen-bond donors (Lipinski definition) is 1. The molecule has 38 heavy (non-hydrogen) atoms. The second-order valence-electron chi connectivity index (χ2n) is 8.86. The van der Waals surface area contributed by atoms with Crippen molar-refractivity contribution in [1.29, 1.82) is 0 Å². The summed E-state index contributed by atoms with van der Waals surface area (Å²) < 4.78 is 11.6. The van der Waals surface area contributed by atoms with Gasteiger partial charge >= 0.3 is 0 Å². The summed E-state index contributed by atoms with van der Waals surface area (Å²) in [6.07, 6.45) is 6.21. The van der Waals surface area contributed by atoms with Crippen molar-refractivity contribution in [2.45, 2.75) is 25.9 Å². The maximum absolute atomic E-state index is 12.6. The Kier molecular flexibility index (Phi) is 8.71. The summed E-state index contributed by atoms with van der Waals surface area (Å²) >= 11 is 0. The molecule has 1 amide bonds. The van der Waals surface area contributed by atoms with Crippen molar-refractivity contribution in [2.75, 3.05) is 25.1 Å². The van der Waals surface area contributed by atoms with Gasteiger partial charge in [-0.2, -0.15) is 5.10 Å². The summed E-state index contributed by atoms with van der Waals surface area (Å²) in [4.78, 5) is 25.3. The zero-order valence-electron chi connectivity index (χ0n) is 21.3. The second-order valence-corrected chi connectivity index (χ2v) is 8.86. The average molecular weight is 515 g/mol. The van der Waals surface area contributed by atoms with E-state index in [1.165, 1.54) is 25.0 Å². The number of nitrogens with one attached hydrogen (secondary N) is 1. The van der Waals surface area contributed by atoms with Crippen LogP contribution in [0.5, 0.6) is 11.5 Å². The van der Waals surface area contributed by atoms with Crippen LogP contribution in [-0.2, 0) is 13.0 Å². The van der Waals surface area contributed by atoms with Crippen LogP contribution in [-0.4, -0.2) is 37.2 Å². The third-order valence-corrected chi connectivity index (χ3v) is 6.25. The van der Waals surface area contributed by atoms with E-state index in [1.54, 1.807) is 49.7 Å². The SMILES string of the molecule is C=CCc1cc(/C=N\NC(=O)c2ccc(N3CCCC3)cc2)cc(OC)c1OCc1ccc([N+](=O)[O-])cc1. The largest absolute Gasteiger partial charge is 0.493 e. The molecule has 0 atom stereocenters. The molecule has 3 aromatic rings. The lowest BCUT2D eigenvalue weighted by atomic mass is 10.1. The van der Waals surface area contributed by atoms with Crippen LogP contribution in [0.2, 0.25) is 0 Å². The summed E-state index contributed by atoms with van der Waals surface area (Å²) in [5.41, 5.74) is 6.58. The Labute approximate surface area is 221 Å². The van der Waals surface area contributed by atoms with Gasteiger partial charge in [0.15, 0.2) is 11.5 Å². The van der Waals surface area contributed by atoms with Crippen LogP contribution in [0.25, 0.3) is 0 Å². The number of rotatable bonds is 11. The number of hydrogen-bond acceptors (Lipinski definition) is 7. The Morgan fingerprint density at radius 1 is 1.13 bits per heavy atom. The smallest absolute Gasteiger partial charge is 0.271 e. The van der Waals surface area contributed by atoms with Gasteiger partial charge in [-0.25, -0.2) is 5.43 Å². The Bertz CT molecular complexity index is 1310. The van der Waals surface area contributed by atoms with Gasteiger partial charge in [-0.1, -0.05) is 6.08 Å². The molecule has 1 saturated heterocycles. The predicted molar refractivity (Wildman–Crippen MR) is 147 cm³/mol. The molecule has 0 bridgehead atoms. The van der Waals surface area contributed by atoms with Gasteiger partial charge in [0.1, 0.15) is 6.61 Å². The van der Waals surface area contributed by atoms with E-state index in [-0.39, 0.29) is 18.2 Å². The number of carbonyl (C=O) groups excluding carboxylic acids is 1. The van der Waals surface area contributed by atoms with E-state index in [2.05, 4.69) is 22.0 Å². The molecule has 0 aliphatic carbocycles. The highest BCUT2D eigenvalue weighted by molar-refractivity contribution is 5.95. The molecule has 1 aliphatic heterocycles. The van der Waals surface area contributed by atoms with Crippen LogP contribution in [0, 0.1) is 10.1 Å². The Balaban J connectivity index is 1.43. The number of hydrazone groups is 1. The van der Waals surface area contributed by atoms with Crippen LogP contribution < -0.4 is 19.8 Å². The standard InChI is InChI=1S/C29H30N4O5/c1-3-6-24-17-22(18-27(37-2)28(24)38-20-21-7-11-26(12-8-21)33(35)36)19-30-31-29(34)23-9-13-25(14-10-23)32-15-4-5-16-32/h3,7-14,17-19H,1,4-6,15-16,20H2,2H3,(H,31,34)/b30-19-. The molecule has 0 aromatic heterocycles. The molecule has 0 radical (unpaired) electrons. The monoisotopic (exact) mass is 514 g/mol. The summed E-state index contributed by atoms with van der Waals surface area (Å²) in [5, 5.41) is 15.0. The van der Waals surface area contributed by atoms with Gasteiger partial charge in [-0.05, 0) is 78.9 Å². The lowest BCUT2D eigenvalue weighted by Gasteiger charge is -2.17. The van der Waals surface area contributed by atoms with Crippen molar-refractivity contribution < 1.29 is 19.2 Å². The Morgan fingerprint density at radius 3 is 2.47 bits per heavy atom. The number of benzene rings is 3. The van der Waals surface area contributed by atoms with E-state index in [0.717, 1.165) is 29.9 Å². The minimum Gasteiger partial charge on any atom is -0.493 e. The first-order valence-corrected chi connectivity index (χ1v) is 12.3. The first-order chi connectivity index (χ1) is 18.5. The fourth-order valence-corrected chi connectivity index (χ4v) is 4.28. The number of amides is 1. The van der Waals surface area contributed by atoms with Crippen LogP contribution >= 0.6 is 0 Å². The van der Waals surface area contributed by atoms with Crippen molar-refractivity contribution in [2.24, 2.45) is 5.10 Å². The van der Waals surface area contributed by atoms with E-state index in [9.17, 15) is 14.9 Å². The van der Waals surface area contributed by atoms with Gasteiger partial charge in [-0.3, -0.25) is 14.9 Å². The molecule has 1 aliphatic rings. The normalized spacial score (nSPS) is 12.9. The molecule has 1 fully saturated rings. The fourth-order valence-electron chi connectivity index (χ4n) is 4.28. The van der Waals surface area contributed by atoms with Crippen molar-refractivity contribution >= 4 is 23.5 Å². The maximum Gasteiger partial charge on any atom is 0.271 e. The molecule has 0 unspecified atom stereocenters. The van der Waals surface area contributed by atoms with Gasteiger partial charge < -0.3 is 14.4 Å². The van der Waals surface area contributed by atoms with Gasteiger partial charge in [-0.15, -0.1) is 6.58 Å². The number of nitrogens with zero attached hydrogens (tertiary/aromatic N) is 3. The van der Waals surface area contributed by atoms with Gasteiger partial charge in [0.05, 0.1) is 18.2 Å². The van der Waals surface area contributed by atoms with Crippen LogP contribution in [0.3, 0.4) is 0 Å². The van der Waals surface area contributed by atoms with Crippen molar-refractivity contribution in [1.82, 2.24) is 5.43 Å². The fraction of sp³-hybridized carbons (Fsp3) is 0.241. The highest BCUT2D eigenvalue weighted by Gasteiger charge is 2.15. The van der Waals surface area contributed by atoms with Gasteiger partial charge in [0, 0.05) is 42.0 Å². The first-order valence-electron chi connectivity index (χ1n) is 12.3. The Morgan fingerprint density at radius 2 is 1.84 bits per heavy atom. The van der Waals surface area contributed by atoms with Crippen LogP contribution in [0.4, 0.5) is 11.4 Å². The predicted octanol–water partition coefficient (Wildman–Crippen LogP) is 5.28. The number of nitro benzene ring substituents is 1. The number of nitro groups is 1. The first kappa shape index (κ1) is 26.4. The topological polar surface area (TPSA) is 106 Å². The van der Waals surface area contributed by atoms with E-state index in [0.29, 0.717) is 29.0 Å². The molecule has 9 nitrogen and oxygen atoms in total. The molecular formula is C29H30N4O5. The van der Waals surface area contributed by atoms with E-state index < -0.39 is 4.92 Å². The van der Waals surface area contributed by atoms with Crippen molar-refractivity contribution in [3.05, 3.63) is 106 Å². The summed E-state index contributed by atoms with van der Waals surface area (Å²) in [6, 6.07) is 17.4.